The molecule has 8 heteroatoms. The molecule has 0 bridgehead atoms. The highest BCUT2D eigenvalue weighted by Gasteiger charge is 2.29. The maximum absolute atomic E-state index is 12.8. The summed E-state index contributed by atoms with van der Waals surface area (Å²) < 4.78 is 27.1. The monoisotopic (exact) mass is 347 g/mol. The Bertz CT molecular complexity index is 871. The standard InChI is InChI=1S/C17H19F2N5O/c1-10-8-13(24-16(22-10)20-9-21-24)23-14(17(2,3)25)11-4-6-12(7-5-11)15(18)19/h4-9,14-15,23,25H,1-3H3/t14-/m1/s1. The van der Waals surface area contributed by atoms with Gasteiger partial charge in [0, 0.05) is 17.3 Å². The molecule has 0 amide bonds. The Hall–Kier alpha value is -2.61. The van der Waals surface area contributed by atoms with Crippen LogP contribution in [0.25, 0.3) is 5.78 Å². The predicted molar refractivity (Wildman–Crippen MR) is 89.6 cm³/mol. The molecule has 1 aromatic carbocycles. The molecule has 0 unspecified atom stereocenters. The van der Waals surface area contributed by atoms with Crippen molar-refractivity contribution in [2.45, 2.75) is 38.8 Å². The molecular weight excluding hydrogens is 328 g/mol. The minimum absolute atomic E-state index is 0.0586. The van der Waals surface area contributed by atoms with Gasteiger partial charge in [-0.3, -0.25) is 0 Å². The number of alkyl halides is 2. The van der Waals surface area contributed by atoms with Crippen LogP contribution in [-0.4, -0.2) is 30.3 Å². The van der Waals surface area contributed by atoms with Crippen molar-refractivity contribution in [3.63, 3.8) is 0 Å². The van der Waals surface area contributed by atoms with Crippen molar-refractivity contribution in [3.05, 3.63) is 53.5 Å². The number of hydrogen-bond acceptors (Lipinski definition) is 5. The molecule has 0 spiro atoms. The Kier molecular flexibility index (Phi) is 4.38. The summed E-state index contributed by atoms with van der Waals surface area (Å²) >= 11 is 0. The minimum Gasteiger partial charge on any atom is -0.388 e. The van der Waals surface area contributed by atoms with Crippen molar-refractivity contribution >= 4 is 11.6 Å². The van der Waals surface area contributed by atoms with E-state index in [0.29, 0.717) is 17.2 Å². The first kappa shape index (κ1) is 17.2. The number of aliphatic hydroxyl groups is 1. The van der Waals surface area contributed by atoms with Gasteiger partial charge < -0.3 is 10.4 Å². The van der Waals surface area contributed by atoms with E-state index in [2.05, 4.69) is 20.4 Å². The normalized spacial score (nSPS) is 13.4. The second kappa shape index (κ2) is 6.36. The molecule has 0 radical (unpaired) electrons. The Balaban J connectivity index is 2.00. The number of fused-ring (bicyclic) bond motifs is 1. The largest absolute Gasteiger partial charge is 0.388 e. The van der Waals surface area contributed by atoms with Crippen molar-refractivity contribution in [1.82, 2.24) is 19.6 Å². The molecule has 3 rings (SSSR count). The fourth-order valence-corrected chi connectivity index (χ4v) is 2.68. The Morgan fingerprint density at radius 3 is 2.40 bits per heavy atom. The second-order valence-electron chi connectivity index (χ2n) is 6.45. The lowest BCUT2D eigenvalue weighted by molar-refractivity contribution is 0.0587. The van der Waals surface area contributed by atoms with E-state index in [-0.39, 0.29) is 5.56 Å². The smallest absolute Gasteiger partial charge is 0.263 e. The molecule has 0 aliphatic carbocycles. The van der Waals surface area contributed by atoms with Crippen LogP contribution in [0.15, 0.2) is 36.7 Å². The number of rotatable bonds is 5. The van der Waals surface area contributed by atoms with Gasteiger partial charge in [-0.1, -0.05) is 24.3 Å². The van der Waals surface area contributed by atoms with E-state index >= 15 is 0 Å². The lowest BCUT2D eigenvalue weighted by Gasteiger charge is -2.31. The summed E-state index contributed by atoms with van der Waals surface area (Å²) in [6.45, 7) is 5.13. The highest BCUT2D eigenvalue weighted by Crippen LogP contribution is 2.31. The third-order valence-electron chi connectivity index (χ3n) is 3.90. The third kappa shape index (κ3) is 3.58. The molecule has 3 aromatic rings. The van der Waals surface area contributed by atoms with Crippen molar-refractivity contribution in [1.29, 1.82) is 0 Å². The van der Waals surface area contributed by atoms with Crippen LogP contribution in [0.3, 0.4) is 0 Å². The number of anilines is 1. The lowest BCUT2D eigenvalue weighted by Crippen LogP contribution is -2.35. The van der Waals surface area contributed by atoms with Crippen LogP contribution in [0.1, 0.15) is 43.1 Å². The lowest BCUT2D eigenvalue weighted by atomic mass is 9.91. The van der Waals surface area contributed by atoms with E-state index in [1.807, 2.05) is 6.92 Å². The fourth-order valence-electron chi connectivity index (χ4n) is 2.68. The number of benzene rings is 1. The number of aryl methyl sites for hydroxylation is 1. The molecule has 1 atom stereocenters. The summed E-state index contributed by atoms with van der Waals surface area (Å²) in [5.74, 6) is 1.04. The van der Waals surface area contributed by atoms with Crippen molar-refractivity contribution in [2.24, 2.45) is 0 Å². The van der Waals surface area contributed by atoms with Gasteiger partial charge >= 0.3 is 0 Å². The third-order valence-corrected chi connectivity index (χ3v) is 3.90. The van der Waals surface area contributed by atoms with Gasteiger partial charge in [0.2, 0.25) is 0 Å². The van der Waals surface area contributed by atoms with Crippen LogP contribution in [-0.2, 0) is 0 Å². The molecule has 2 aromatic heterocycles. The first-order valence-electron chi connectivity index (χ1n) is 7.80. The Morgan fingerprint density at radius 1 is 1.16 bits per heavy atom. The first-order valence-corrected chi connectivity index (χ1v) is 7.80. The number of nitrogens with zero attached hydrogens (tertiary/aromatic N) is 4. The zero-order chi connectivity index (χ0) is 18.2. The van der Waals surface area contributed by atoms with Crippen LogP contribution in [0.2, 0.25) is 0 Å². The fraction of sp³-hybridized carbons (Fsp3) is 0.353. The number of halogens is 2. The molecule has 0 saturated heterocycles. The molecule has 0 aliphatic rings. The van der Waals surface area contributed by atoms with Gasteiger partial charge in [-0.25, -0.2) is 13.8 Å². The molecule has 25 heavy (non-hydrogen) atoms. The van der Waals surface area contributed by atoms with Crippen LogP contribution in [0, 0.1) is 6.92 Å². The zero-order valence-electron chi connectivity index (χ0n) is 14.1. The first-order chi connectivity index (χ1) is 11.8. The zero-order valence-corrected chi connectivity index (χ0v) is 14.1. The van der Waals surface area contributed by atoms with Crippen LogP contribution >= 0.6 is 0 Å². The van der Waals surface area contributed by atoms with Crippen LogP contribution < -0.4 is 5.32 Å². The average molecular weight is 347 g/mol. The summed E-state index contributed by atoms with van der Waals surface area (Å²) in [7, 11) is 0. The van der Waals surface area contributed by atoms with Crippen LogP contribution in [0.5, 0.6) is 0 Å². The summed E-state index contributed by atoms with van der Waals surface area (Å²) in [6, 6.07) is 7.14. The van der Waals surface area contributed by atoms with E-state index in [1.54, 1.807) is 32.0 Å². The Labute approximate surface area is 143 Å². The molecule has 132 valence electrons. The second-order valence-corrected chi connectivity index (χ2v) is 6.45. The van der Waals surface area contributed by atoms with Gasteiger partial charge in [-0.15, -0.1) is 0 Å². The molecule has 2 heterocycles. The van der Waals surface area contributed by atoms with E-state index in [0.717, 1.165) is 5.69 Å². The molecule has 0 aliphatic heterocycles. The predicted octanol–water partition coefficient (Wildman–Crippen LogP) is 3.29. The van der Waals surface area contributed by atoms with E-state index in [9.17, 15) is 13.9 Å². The molecule has 0 saturated carbocycles. The van der Waals surface area contributed by atoms with Crippen molar-refractivity contribution in [3.8, 4) is 0 Å². The maximum atomic E-state index is 12.8. The van der Waals surface area contributed by atoms with Gasteiger partial charge in [0.1, 0.15) is 12.1 Å². The SMILES string of the molecule is Cc1cc(N[C@H](c2ccc(C(F)F)cc2)C(C)(C)O)n2ncnc2n1. The van der Waals surface area contributed by atoms with Gasteiger partial charge in [0.05, 0.1) is 11.6 Å². The summed E-state index contributed by atoms with van der Waals surface area (Å²) in [5.41, 5.74) is 0.206. The van der Waals surface area contributed by atoms with E-state index in [1.165, 1.54) is 23.0 Å². The topological polar surface area (TPSA) is 75.3 Å². The average Bonchev–Trinajstić information content (AvgIpc) is 2.99. The van der Waals surface area contributed by atoms with Gasteiger partial charge in [-0.05, 0) is 26.3 Å². The Morgan fingerprint density at radius 2 is 1.80 bits per heavy atom. The van der Waals surface area contributed by atoms with Crippen LogP contribution in [0.4, 0.5) is 14.6 Å². The van der Waals surface area contributed by atoms with Gasteiger partial charge in [0.25, 0.3) is 12.2 Å². The highest BCUT2D eigenvalue weighted by atomic mass is 19.3. The summed E-state index contributed by atoms with van der Waals surface area (Å²) in [6.07, 6.45) is -1.14. The van der Waals surface area contributed by atoms with Gasteiger partial charge in [0.15, 0.2) is 0 Å². The minimum atomic E-state index is -2.53. The molecular formula is C17H19F2N5O. The number of nitrogens with one attached hydrogen (secondary N) is 1. The number of aromatic nitrogens is 4. The van der Waals surface area contributed by atoms with E-state index < -0.39 is 18.1 Å². The molecule has 6 nitrogen and oxygen atoms in total. The van der Waals surface area contributed by atoms with Crippen molar-refractivity contribution < 1.29 is 13.9 Å². The summed E-state index contributed by atoms with van der Waals surface area (Å²) in [5, 5.41) is 18.0. The van der Waals surface area contributed by atoms with Gasteiger partial charge in [-0.2, -0.15) is 14.6 Å². The van der Waals surface area contributed by atoms with Crippen molar-refractivity contribution in [2.75, 3.05) is 5.32 Å². The molecule has 0 fully saturated rings. The highest BCUT2D eigenvalue weighted by molar-refractivity contribution is 5.47. The maximum Gasteiger partial charge on any atom is 0.263 e. The molecule has 2 N–H and O–H groups in total. The number of hydrogen-bond donors (Lipinski definition) is 2. The quantitative estimate of drug-likeness (QED) is 0.741. The van der Waals surface area contributed by atoms with E-state index in [4.69, 9.17) is 0 Å². The summed E-state index contributed by atoms with van der Waals surface area (Å²) in [4.78, 5) is 8.34.